The summed E-state index contributed by atoms with van der Waals surface area (Å²) < 4.78 is 0. The Kier molecular flexibility index (Phi) is 3.33. The van der Waals surface area contributed by atoms with E-state index in [2.05, 4.69) is 20.5 Å². The van der Waals surface area contributed by atoms with Crippen LogP contribution in [-0.2, 0) is 0 Å². The van der Waals surface area contributed by atoms with Gasteiger partial charge in [-0.3, -0.25) is 0 Å². The van der Waals surface area contributed by atoms with Gasteiger partial charge in [0.15, 0.2) is 0 Å². The number of anilines is 1. The molecule has 5 nitrogen and oxygen atoms in total. The van der Waals surface area contributed by atoms with Crippen LogP contribution in [0.2, 0.25) is 0 Å². The van der Waals surface area contributed by atoms with Crippen LogP contribution >= 0.6 is 0 Å². The molecule has 0 spiro atoms. The first-order valence-electron chi connectivity index (χ1n) is 5.85. The molecule has 1 aliphatic carbocycles. The average Bonchev–Trinajstić information content (AvgIpc) is 2.71. The molecule has 1 aromatic rings. The molecule has 16 heavy (non-hydrogen) atoms. The first-order valence-corrected chi connectivity index (χ1v) is 5.85. The zero-order chi connectivity index (χ0) is 11.5. The second kappa shape index (κ2) is 4.74. The molecule has 1 aliphatic rings. The van der Waals surface area contributed by atoms with Crippen LogP contribution in [0, 0.1) is 19.8 Å². The van der Waals surface area contributed by atoms with Crippen molar-refractivity contribution in [1.29, 1.82) is 0 Å². The van der Waals surface area contributed by atoms with Crippen LogP contribution in [0.15, 0.2) is 0 Å². The van der Waals surface area contributed by atoms with Crippen molar-refractivity contribution in [3.05, 3.63) is 11.4 Å². The Balaban J connectivity index is 2.05. The van der Waals surface area contributed by atoms with E-state index < -0.39 is 0 Å². The molecular formula is C11H19N5. The predicted octanol–water partition coefficient (Wildman–Crippen LogP) is 1.03. The molecule has 1 aromatic heterocycles. The molecule has 3 N–H and O–H groups in total. The van der Waals surface area contributed by atoms with E-state index in [1.54, 1.807) is 0 Å². The van der Waals surface area contributed by atoms with E-state index in [-0.39, 0.29) is 0 Å². The standard InChI is InChI=1S/C11H19N5/c1-7-8(2)15-16-11(13-7)14-10-5-3-4-9(10)6-12/h9-10H,3-6,12H2,1-2H3,(H,13,14,16). The van der Waals surface area contributed by atoms with Crippen molar-refractivity contribution in [2.75, 3.05) is 11.9 Å². The van der Waals surface area contributed by atoms with Gasteiger partial charge in [-0.1, -0.05) is 6.42 Å². The van der Waals surface area contributed by atoms with Gasteiger partial charge >= 0.3 is 0 Å². The van der Waals surface area contributed by atoms with E-state index >= 15 is 0 Å². The van der Waals surface area contributed by atoms with Gasteiger partial charge in [-0.05, 0) is 39.2 Å². The number of hydrogen-bond donors (Lipinski definition) is 2. The van der Waals surface area contributed by atoms with E-state index in [4.69, 9.17) is 5.73 Å². The highest BCUT2D eigenvalue weighted by atomic mass is 15.2. The highest BCUT2D eigenvalue weighted by Crippen LogP contribution is 2.26. The summed E-state index contributed by atoms with van der Waals surface area (Å²) in [5.74, 6) is 1.18. The summed E-state index contributed by atoms with van der Waals surface area (Å²) in [7, 11) is 0. The minimum Gasteiger partial charge on any atom is -0.350 e. The lowest BCUT2D eigenvalue weighted by atomic mass is 10.0. The molecule has 0 aliphatic heterocycles. The highest BCUT2D eigenvalue weighted by molar-refractivity contribution is 5.27. The zero-order valence-electron chi connectivity index (χ0n) is 9.90. The van der Waals surface area contributed by atoms with E-state index in [1.807, 2.05) is 13.8 Å². The van der Waals surface area contributed by atoms with Crippen molar-refractivity contribution in [3.8, 4) is 0 Å². The third-order valence-corrected chi connectivity index (χ3v) is 3.37. The van der Waals surface area contributed by atoms with Crippen molar-refractivity contribution in [2.24, 2.45) is 11.7 Å². The second-order valence-corrected chi connectivity index (χ2v) is 4.48. The molecular weight excluding hydrogens is 202 g/mol. The van der Waals surface area contributed by atoms with Gasteiger partial charge in [0.05, 0.1) is 11.4 Å². The molecule has 1 heterocycles. The van der Waals surface area contributed by atoms with Crippen LogP contribution < -0.4 is 11.1 Å². The Morgan fingerprint density at radius 2 is 2.06 bits per heavy atom. The normalized spacial score (nSPS) is 24.7. The lowest BCUT2D eigenvalue weighted by Crippen LogP contribution is -2.30. The largest absolute Gasteiger partial charge is 0.350 e. The van der Waals surface area contributed by atoms with Gasteiger partial charge in [0.1, 0.15) is 0 Å². The quantitative estimate of drug-likeness (QED) is 0.797. The molecule has 0 radical (unpaired) electrons. The molecule has 0 aromatic carbocycles. The predicted molar refractivity (Wildman–Crippen MR) is 63.1 cm³/mol. The number of hydrogen-bond acceptors (Lipinski definition) is 5. The summed E-state index contributed by atoms with van der Waals surface area (Å²) in [6, 6.07) is 0.411. The third kappa shape index (κ3) is 2.29. The maximum absolute atomic E-state index is 5.74. The number of nitrogens with zero attached hydrogens (tertiary/aromatic N) is 3. The van der Waals surface area contributed by atoms with Gasteiger partial charge in [-0.15, -0.1) is 5.10 Å². The fourth-order valence-electron chi connectivity index (χ4n) is 2.19. The lowest BCUT2D eigenvalue weighted by molar-refractivity contribution is 0.513. The molecule has 1 saturated carbocycles. The van der Waals surface area contributed by atoms with E-state index in [9.17, 15) is 0 Å². The maximum atomic E-state index is 5.74. The van der Waals surface area contributed by atoms with Crippen molar-refractivity contribution < 1.29 is 0 Å². The van der Waals surface area contributed by atoms with Gasteiger partial charge in [0.25, 0.3) is 0 Å². The number of aromatic nitrogens is 3. The molecule has 2 rings (SSSR count). The van der Waals surface area contributed by atoms with Crippen molar-refractivity contribution in [1.82, 2.24) is 15.2 Å². The second-order valence-electron chi connectivity index (χ2n) is 4.48. The third-order valence-electron chi connectivity index (χ3n) is 3.37. The van der Waals surface area contributed by atoms with E-state index in [0.29, 0.717) is 17.9 Å². The van der Waals surface area contributed by atoms with Crippen LogP contribution in [0.1, 0.15) is 30.7 Å². The van der Waals surface area contributed by atoms with Crippen LogP contribution in [0.4, 0.5) is 5.95 Å². The summed E-state index contributed by atoms with van der Waals surface area (Å²) in [6.07, 6.45) is 3.59. The number of rotatable bonds is 3. The summed E-state index contributed by atoms with van der Waals surface area (Å²) in [4.78, 5) is 4.38. The fraction of sp³-hybridized carbons (Fsp3) is 0.727. The zero-order valence-corrected chi connectivity index (χ0v) is 9.90. The van der Waals surface area contributed by atoms with Gasteiger partial charge in [-0.25, -0.2) is 4.98 Å². The molecule has 88 valence electrons. The Hall–Kier alpha value is -1.23. The minimum atomic E-state index is 0.411. The van der Waals surface area contributed by atoms with Gasteiger partial charge < -0.3 is 11.1 Å². The van der Waals surface area contributed by atoms with Crippen molar-refractivity contribution in [3.63, 3.8) is 0 Å². The van der Waals surface area contributed by atoms with Crippen LogP contribution in [0.3, 0.4) is 0 Å². The van der Waals surface area contributed by atoms with E-state index in [0.717, 1.165) is 24.4 Å². The molecule has 0 saturated heterocycles. The fourth-order valence-corrected chi connectivity index (χ4v) is 2.19. The van der Waals surface area contributed by atoms with Crippen molar-refractivity contribution in [2.45, 2.75) is 39.2 Å². The Morgan fingerprint density at radius 3 is 2.75 bits per heavy atom. The van der Waals surface area contributed by atoms with E-state index in [1.165, 1.54) is 12.8 Å². The van der Waals surface area contributed by atoms with Crippen LogP contribution in [0.5, 0.6) is 0 Å². The minimum absolute atomic E-state index is 0.411. The molecule has 0 bridgehead atoms. The van der Waals surface area contributed by atoms with Gasteiger partial charge in [-0.2, -0.15) is 5.10 Å². The van der Waals surface area contributed by atoms with Crippen LogP contribution in [0.25, 0.3) is 0 Å². The molecule has 2 unspecified atom stereocenters. The van der Waals surface area contributed by atoms with Crippen LogP contribution in [-0.4, -0.2) is 27.8 Å². The molecule has 0 amide bonds. The number of aryl methyl sites for hydroxylation is 2. The summed E-state index contributed by atoms with van der Waals surface area (Å²) in [5.41, 5.74) is 7.55. The SMILES string of the molecule is Cc1nnc(NC2CCCC2CN)nc1C. The highest BCUT2D eigenvalue weighted by Gasteiger charge is 2.26. The smallest absolute Gasteiger partial charge is 0.243 e. The van der Waals surface area contributed by atoms with Gasteiger partial charge in [0.2, 0.25) is 5.95 Å². The summed E-state index contributed by atoms with van der Waals surface area (Å²) >= 11 is 0. The first-order chi connectivity index (χ1) is 7.70. The van der Waals surface area contributed by atoms with Crippen molar-refractivity contribution >= 4 is 5.95 Å². The monoisotopic (exact) mass is 221 g/mol. The summed E-state index contributed by atoms with van der Waals surface area (Å²) in [6.45, 7) is 4.59. The Labute approximate surface area is 95.9 Å². The number of nitrogens with one attached hydrogen (secondary N) is 1. The van der Waals surface area contributed by atoms with Gasteiger partial charge in [0, 0.05) is 6.04 Å². The summed E-state index contributed by atoms with van der Waals surface area (Å²) in [5, 5.41) is 11.5. The number of nitrogens with two attached hydrogens (primary N) is 1. The molecule has 2 atom stereocenters. The Morgan fingerprint density at radius 1 is 1.25 bits per heavy atom. The molecule has 5 heteroatoms. The maximum Gasteiger partial charge on any atom is 0.243 e. The average molecular weight is 221 g/mol. The Bertz CT molecular complexity index is 365. The first kappa shape index (κ1) is 11.3. The molecule has 1 fully saturated rings. The lowest BCUT2D eigenvalue weighted by Gasteiger charge is -2.19. The topological polar surface area (TPSA) is 76.7 Å².